The summed E-state index contributed by atoms with van der Waals surface area (Å²) in [7, 11) is 0. The summed E-state index contributed by atoms with van der Waals surface area (Å²) < 4.78 is 81.5. The molecule has 0 aliphatic rings. The third kappa shape index (κ3) is 16.3. The molecule has 1 amide bonds. The molecule has 0 unspecified atom stereocenters. The lowest BCUT2D eigenvalue weighted by molar-refractivity contribution is -0.149. The smallest absolute Gasteiger partial charge is 0.311 e. The SMILES string of the molecule is C#CCCCC(=O)OCC(COC(=O)CCCC#C)NC(=O)CCCCCCCCCCC(=O)Oc1c(F)c(F)c(F)c(F)c1F. The lowest BCUT2D eigenvalue weighted by Gasteiger charge is -2.19. The number of carbonyl (C=O) groups excluding carboxylic acids is 4. The van der Waals surface area contributed by atoms with Crippen LogP contribution in [0.25, 0.3) is 0 Å². The van der Waals surface area contributed by atoms with Crippen molar-refractivity contribution in [2.45, 2.75) is 109 Å². The maximum atomic E-state index is 13.6. The van der Waals surface area contributed by atoms with E-state index in [-0.39, 0.29) is 44.8 Å². The number of esters is 3. The van der Waals surface area contributed by atoms with E-state index < -0.39 is 58.8 Å². The summed E-state index contributed by atoms with van der Waals surface area (Å²) in [6, 6.07) is -0.714. The Kier molecular flexibility index (Phi) is 20.2. The van der Waals surface area contributed by atoms with Crippen molar-refractivity contribution in [3.63, 3.8) is 0 Å². The van der Waals surface area contributed by atoms with Crippen LogP contribution in [0.1, 0.15) is 103 Å². The van der Waals surface area contributed by atoms with E-state index in [0.29, 0.717) is 44.9 Å². The first-order valence-corrected chi connectivity index (χ1v) is 15.2. The Balaban J connectivity index is 2.28. The average Bonchev–Trinajstić information content (AvgIpc) is 3.03. The van der Waals surface area contributed by atoms with Gasteiger partial charge in [0.25, 0.3) is 0 Å². The number of carbonyl (C=O) groups is 4. The normalized spacial score (nSPS) is 10.6. The molecule has 0 aliphatic carbocycles. The number of hydrogen-bond acceptors (Lipinski definition) is 7. The summed E-state index contributed by atoms with van der Waals surface area (Å²) in [4.78, 5) is 48.1. The minimum Gasteiger partial charge on any atom is -0.463 e. The molecule has 0 heterocycles. The quantitative estimate of drug-likeness (QED) is 0.0277. The van der Waals surface area contributed by atoms with E-state index in [1.54, 1.807) is 0 Å². The standard InChI is InChI=1S/C33H40F5NO7/c1-3-5-13-18-25(41)44-21-23(22-45-26(42)19-14-6-4-2)39-24(40)17-15-11-9-7-8-10-12-16-20-27(43)46-33-31(37)29(35)28(34)30(36)32(33)38/h1-2,23H,5-22H2,(H,39,40). The maximum Gasteiger partial charge on any atom is 0.311 e. The molecule has 0 atom stereocenters. The Bertz CT molecular complexity index is 1180. The third-order valence-corrected chi connectivity index (χ3v) is 6.58. The topological polar surface area (TPSA) is 108 Å². The van der Waals surface area contributed by atoms with Gasteiger partial charge in [-0.2, -0.15) is 8.78 Å². The second kappa shape index (κ2) is 23.2. The number of amides is 1. The van der Waals surface area contributed by atoms with Gasteiger partial charge in [-0.25, -0.2) is 13.2 Å². The van der Waals surface area contributed by atoms with Crippen LogP contribution >= 0.6 is 0 Å². The minimum absolute atomic E-state index is 0.133. The van der Waals surface area contributed by atoms with Crippen molar-refractivity contribution in [1.82, 2.24) is 5.32 Å². The van der Waals surface area contributed by atoms with Gasteiger partial charge in [0, 0.05) is 38.5 Å². The predicted molar refractivity (Wildman–Crippen MR) is 157 cm³/mol. The monoisotopic (exact) mass is 657 g/mol. The lowest BCUT2D eigenvalue weighted by atomic mass is 10.1. The van der Waals surface area contributed by atoms with Crippen LogP contribution in [0.2, 0.25) is 0 Å². The second-order valence-electron chi connectivity index (χ2n) is 10.4. The lowest BCUT2D eigenvalue weighted by Crippen LogP contribution is -2.42. The Hall–Kier alpha value is -4.13. The molecule has 1 rings (SSSR count). The fourth-order valence-electron chi connectivity index (χ4n) is 4.09. The number of terminal acetylenes is 2. The van der Waals surface area contributed by atoms with Crippen molar-refractivity contribution in [2.75, 3.05) is 13.2 Å². The van der Waals surface area contributed by atoms with E-state index in [4.69, 9.17) is 22.3 Å². The maximum absolute atomic E-state index is 13.6. The van der Waals surface area contributed by atoms with E-state index >= 15 is 0 Å². The summed E-state index contributed by atoms with van der Waals surface area (Å²) in [5.41, 5.74) is 0. The van der Waals surface area contributed by atoms with E-state index in [0.717, 1.165) is 32.1 Å². The molecular weight excluding hydrogens is 617 g/mol. The number of unbranched alkanes of at least 4 members (excludes halogenated alkanes) is 9. The van der Waals surface area contributed by atoms with Gasteiger partial charge in [0.1, 0.15) is 13.2 Å². The van der Waals surface area contributed by atoms with E-state index in [2.05, 4.69) is 21.9 Å². The predicted octanol–water partition coefficient (Wildman–Crippen LogP) is 6.37. The Labute approximate surface area is 266 Å². The molecule has 8 nitrogen and oxygen atoms in total. The molecule has 1 N–H and O–H groups in total. The molecule has 0 aromatic heterocycles. The number of halogens is 5. The van der Waals surface area contributed by atoms with Gasteiger partial charge in [-0.3, -0.25) is 19.2 Å². The first kappa shape index (κ1) is 39.9. The van der Waals surface area contributed by atoms with Crippen LogP contribution < -0.4 is 10.1 Å². The van der Waals surface area contributed by atoms with Crippen molar-refractivity contribution in [3.8, 4) is 30.4 Å². The minimum atomic E-state index is -2.34. The van der Waals surface area contributed by atoms with Crippen molar-refractivity contribution in [2.24, 2.45) is 0 Å². The van der Waals surface area contributed by atoms with Gasteiger partial charge >= 0.3 is 17.9 Å². The molecule has 0 spiro atoms. The molecular formula is C33H40F5NO7. The van der Waals surface area contributed by atoms with Crippen LogP contribution in [-0.4, -0.2) is 43.1 Å². The van der Waals surface area contributed by atoms with Gasteiger partial charge in [-0.15, -0.1) is 24.7 Å². The molecule has 0 radical (unpaired) electrons. The van der Waals surface area contributed by atoms with Gasteiger partial charge in [0.2, 0.25) is 40.7 Å². The summed E-state index contributed by atoms with van der Waals surface area (Å²) in [6.45, 7) is -0.319. The zero-order valence-electron chi connectivity index (χ0n) is 25.7. The number of benzene rings is 1. The average molecular weight is 658 g/mol. The van der Waals surface area contributed by atoms with Crippen molar-refractivity contribution in [1.29, 1.82) is 0 Å². The van der Waals surface area contributed by atoms with Crippen LogP contribution in [0.4, 0.5) is 22.0 Å². The number of ether oxygens (including phenoxy) is 3. The van der Waals surface area contributed by atoms with Crippen molar-refractivity contribution in [3.05, 3.63) is 29.1 Å². The van der Waals surface area contributed by atoms with E-state index in [9.17, 15) is 41.1 Å². The zero-order chi connectivity index (χ0) is 34.3. The van der Waals surface area contributed by atoms with Gasteiger partial charge in [-0.05, 0) is 25.7 Å². The highest BCUT2D eigenvalue weighted by atomic mass is 19.2. The zero-order valence-corrected chi connectivity index (χ0v) is 25.7. The molecule has 1 aromatic carbocycles. The molecule has 0 aliphatic heterocycles. The van der Waals surface area contributed by atoms with Crippen LogP contribution in [-0.2, 0) is 28.7 Å². The number of hydrogen-bond donors (Lipinski definition) is 1. The van der Waals surface area contributed by atoms with Gasteiger partial charge in [0.15, 0.2) is 0 Å². The van der Waals surface area contributed by atoms with Gasteiger partial charge in [-0.1, -0.05) is 38.5 Å². The van der Waals surface area contributed by atoms with E-state index in [1.165, 1.54) is 0 Å². The molecule has 13 heteroatoms. The Morgan fingerprint density at radius 1 is 0.565 bits per heavy atom. The Morgan fingerprint density at radius 2 is 0.957 bits per heavy atom. The van der Waals surface area contributed by atoms with Gasteiger partial charge < -0.3 is 19.5 Å². The van der Waals surface area contributed by atoms with Crippen molar-refractivity contribution < 1.29 is 55.3 Å². The number of nitrogens with one attached hydrogen (secondary N) is 1. The molecule has 1 aromatic rings. The second-order valence-corrected chi connectivity index (χ2v) is 10.4. The summed E-state index contributed by atoms with van der Waals surface area (Å²) >= 11 is 0. The molecule has 46 heavy (non-hydrogen) atoms. The first-order valence-electron chi connectivity index (χ1n) is 15.2. The summed E-state index contributed by atoms with van der Waals surface area (Å²) in [6.07, 6.45) is 17.9. The Morgan fingerprint density at radius 3 is 1.41 bits per heavy atom. The van der Waals surface area contributed by atoms with Crippen LogP contribution in [0.5, 0.6) is 5.75 Å². The van der Waals surface area contributed by atoms with Gasteiger partial charge in [0.05, 0.1) is 6.04 Å². The van der Waals surface area contributed by atoms with Crippen LogP contribution in [0, 0.1) is 53.8 Å². The van der Waals surface area contributed by atoms with Crippen molar-refractivity contribution >= 4 is 23.8 Å². The molecule has 0 bridgehead atoms. The van der Waals surface area contributed by atoms with E-state index in [1.807, 2.05) is 0 Å². The van der Waals surface area contributed by atoms with Crippen LogP contribution in [0.15, 0.2) is 0 Å². The summed E-state index contributed by atoms with van der Waals surface area (Å²) in [5, 5.41) is 2.73. The third-order valence-electron chi connectivity index (χ3n) is 6.58. The highest BCUT2D eigenvalue weighted by Gasteiger charge is 2.28. The number of rotatable bonds is 23. The fourth-order valence-corrected chi connectivity index (χ4v) is 4.09. The molecule has 0 saturated carbocycles. The highest BCUT2D eigenvalue weighted by Crippen LogP contribution is 2.29. The molecule has 0 fully saturated rings. The van der Waals surface area contributed by atoms with Crippen LogP contribution in [0.3, 0.4) is 0 Å². The molecule has 254 valence electrons. The summed E-state index contributed by atoms with van der Waals surface area (Å²) in [5.74, 6) is -10.2. The highest BCUT2D eigenvalue weighted by molar-refractivity contribution is 5.76. The first-order chi connectivity index (χ1) is 22.0. The molecule has 0 saturated heterocycles. The fraction of sp³-hybridized carbons (Fsp3) is 0.576. The largest absolute Gasteiger partial charge is 0.463 e.